The van der Waals surface area contributed by atoms with Gasteiger partial charge in [-0.1, -0.05) is 32.9 Å². The number of nitrogens with zero attached hydrogens (tertiary/aromatic N) is 1. The molecule has 0 radical (unpaired) electrons. The van der Waals surface area contributed by atoms with E-state index in [9.17, 15) is 4.79 Å². The van der Waals surface area contributed by atoms with Crippen LogP contribution in [0.5, 0.6) is 5.75 Å². The van der Waals surface area contributed by atoms with Crippen LogP contribution in [0.1, 0.15) is 33.3 Å². The van der Waals surface area contributed by atoms with E-state index in [-0.39, 0.29) is 41.4 Å². The molecular weight excluding hydrogens is 443 g/mol. The van der Waals surface area contributed by atoms with Crippen molar-refractivity contribution >= 4 is 35.8 Å². The lowest BCUT2D eigenvalue weighted by Crippen LogP contribution is -2.45. The zero-order valence-electron chi connectivity index (χ0n) is 16.7. The van der Waals surface area contributed by atoms with Gasteiger partial charge < -0.3 is 20.7 Å². The van der Waals surface area contributed by atoms with Crippen LogP contribution in [0.2, 0.25) is 0 Å². The van der Waals surface area contributed by atoms with Gasteiger partial charge in [0.15, 0.2) is 5.96 Å². The Kier molecular flexibility index (Phi) is 11.3. The quantitative estimate of drug-likeness (QED) is 0.245. The van der Waals surface area contributed by atoms with Crippen LogP contribution in [0.3, 0.4) is 0 Å². The summed E-state index contributed by atoms with van der Waals surface area (Å²) >= 11 is 0. The molecular formula is C19H33IN4O2. The number of nitrogens with one attached hydrogen (secondary N) is 3. The molecule has 1 rings (SSSR count). The third-order valence-electron chi connectivity index (χ3n) is 3.49. The Balaban J connectivity index is 0.00000625. The number of guanidine groups is 1. The van der Waals surface area contributed by atoms with Crippen LogP contribution in [0.25, 0.3) is 0 Å². The number of aliphatic imine (C=N–C) groups is 1. The van der Waals surface area contributed by atoms with Crippen LogP contribution in [0.4, 0.5) is 0 Å². The molecule has 0 aromatic heterocycles. The number of aryl methyl sites for hydroxylation is 1. The van der Waals surface area contributed by atoms with E-state index in [1.54, 1.807) is 7.05 Å². The van der Waals surface area contributed by atoms with E-state index in [0.29, 0.717) is 25.6 Å². The van der Waals surface area contributed by atoms with E-state index in [1.807, 2.05) is 58.9 Å². The Morgan fingerprint density at radius 1 is 1.19 bits per heavy atom. The minimum atomic E-state index is -0.373. The van der Waals surface area contributed by atoms with Gasteiger partial charge in [-0.15, -0.1) is 24.0 Å². The van der Waals surface area contributed by atoms with Gasteiger partial charge in [0.25, 0.3) is 0 Å². The first-order chi connectivity index (χ1) is 11.7. The zero-order chi connectivity index (χ0) is 18.9. The predicted molar refractivity (Wildman–Crippen MR) is 119 cm³/mol. The highest BCUT2D eigenvalue weighted by molar-refractivity contribution is 14.0. The standard InChI is InChI=1S/C19H32N4O2.HI/c1-14-8-7-9-16(12-14)25-15(2)13-23-18(20-6)22-11-10-21-17(24)19(3,4)5;/h7-9,12,15H,10-11,13H2,1-6H3,(H,21,24)(H2,20,22,23);1H. The number of hydrogen-bond donors (Lipinski definition) is 3. The van der Waals surface area contributed by atoms with Crippen LogP contribution in [-0.2, 0) is 4.79 Å². The molecule has 0 fully saturated rings. The summed E-state index contributed by atoms with van der Waals surface area (Å²) in [5.74, 6) is 1.59. The maximum absolute atomic E-state index is 11.8. The second-order valence-corrected chi connectivity index (χ2v) is 7.13. The van der Waals surface area contributed by atoms with Gasteiger partial charge in [-0.25, -0.2) is 0 Å². The minimum absolute atomic E-state index is 0. The van der Waals surface area contributed by atoms with Gasteiger partial charge in [-0.3, -0.25) is 9.79 Å². The molecule has 1 aromatic carbocycles. The van der Waals surface area contributed by atoms with Gasteiger partial charge in [0, 0.05) is 25.6 Å². The van der Waals surface area contributed by atoms with E-state index >= 15 is 0 Å². The van der Waals surface area contributed by atoms with E-state index in [2.05, 4.69) is 20.9 Å². The van der Waals surface area contributed by atoms with Crippen molar-refractivity contribution in [1.29, 1.82) is 0 Å². The zero-order valence-corrected chi connectivity index (χ0v) is 19.0. The molecule has 0 saturated heterocycles. The smallest absolute Gasteiger partial charge is 0.225 e. The summed E-state index contributed by atoms with van der Waals surface area (Å²) in [5.41, 5.74) is 0.801. The number of halogens is 1. The second-order valence-electron chi connectivity index (χ2n) is 7.13. The van der Waals surface area contributed by atoms with Crippen molar-refractivity contribution in [3.8, 4) is 5.75 Å². The molecule has 1 amide bonds. The van der Waals surface area contributed by atoms with Crippen LogP contribution in [0, 0.1) is 12.3 Å². The molecule has 0 heterocycles. The third-order valence-corrected chi connectivity index (χ3v) is 3.49. The molecule has 1 aromatic rings. The molecule has 26 heavy (non-hydrogen) atoms. The molecule has 0 saturated carbocycles. The molecule has 0 spiro atoms. The first-order valence-corrected chi connectivity index (χ1v) is 8.68. The first-order valence-electron chi connectivity index (χ1n) is 8.68. The lowest BCUT2D eigenvalue weighted by Gasteiger charge is -2.19. The van der Waals surface area contributed by atoms with Crippen molar-refractivity contribution in [3.63, 3.8) is 0 Å². The van der Waals surface area contributed by atoms with Crippen LogP contribution in [0.15, 0.2) is 29.3 Å². The molecule has 148 valence electrons. The SMILES string of the molecule is CN=C(NCCNC(=O)C(C)(C)C)NCC(C)Oc1cccc(C)c1.I. The number of carbonyl (C=O) groups is 1. The summed E-state index contributed by atoms with van der Waals surface area (Å²) in [4.78, 5) is 16.0. The van der Waals surface area contributed by atoms with Crippen LogP contribution in [-0.4, -0.2) is 44.7 Å². The highest BCUT2D eigenvalue weighted by Crippen LogP contribution is 2.14. The molecule has 1 atom stereocenters. The number of ether oxygens (including phenoxy) is 1. The Morgan fingerprint density at radius 3 is 2.42 bits per heavy atom. The average molecular weight is 476 g/mol. The molecule has 7 heteroatoms. The van der Waals surface area contributed by atoms with Gasteiger partial charge in [0.1, 0.15) is 11.9 Å². The van der Waals surface area contributed by atoms with Gasteiger partial charge in [0.05, 0.1) is 6.54 Å². The maximum Gasteiger partial charge on any atom is 0.225 e. The van der Waals surface area contributed by atoms with Crippen molar-refractivity contribution < 1.29 is 9.53 Å². The summed E-state index contributed by atoms with van der Waals surface area (Å²) in [6.45, 7) is 11.5. The lowest BCUT2D eigenvalue weighted by molar-refractivity contribution is -0.128. The Bertz CT molecular complexity index is 585. The number of benzene rings is 1. The number of hydrogen-bond acceptors (Lipinski definition) is 3. The van der Waals surface area contributed by atoms with E-state index in [1.165, 1.54) is 5.56 Å². The Labute approximate surface area is 174 Å². The largest absolute Gasteiger partial charge is 0.489 e. The highest BCUT2D eigenvalue weighted by atomic mass is 127. The normalized spacial score (nSPS) is 12.6. The average Bonchev–Trinajstić information content (AvgIpc) is 2.53. The second kappa shape index (κ2) is 12.0. The van der Waals surface area contributed by atoms with Crippen LogP contribution < -0.4 is 20.7 Å². The summed E-state index contributed by atoms with van der Waals surface area (Å²) in [5, 5.41) is 9.29. The number of carbonyl (C=O) groups excluding carboxylic acids is 1. The summed E-state index contributed by atoms with van der Waals surface area (Å²) in [6, 6.07) is 7.99. The molecule has 0 aliphatic rings. The molecule has 6 nitrogen and oxygen atoms in total. The monoisotopic (exact) mass is 476 g/mol. The third kappa shape index (κ3) is 9.84. The van der Waals surface area contributed by atoms with Gasteiger partial charge >= 0.3 is 0 Å². The topological polar surface area (TPSA) is 74.8 Å². The van der Waals surface area contributed by atoms with Crippen molar-refractivity contribution in [2.45, 2.75) is 40.7 Å². The van der Waals surface area contributed by atoms with Crippen molar-refractivity contribution in [3.05, 3.63) is 29.8 Å². The fourth-order valence-electron chi connectivity index (χ4n) is 2.05. The lowest BCUT2D eigenvalue weighted by atomic mass is 9.96. The van der Waals surface area contributed by atoms with Crippen molar-refractivity contribution in [2.75, 3.05) is 26.7 Å². The summed E-state index contributed by atoms with van der Waals surface area (Å²) in [6.07, 6.45) is 0.000873. The van der Waals surface area contributed by atoms with Crippen molar-refractivity contribution in [2.24, 2.45) is 10.4 Å². The molecule has 3 N–H and O–H groups in total. The highest BCUT2D eigenvalue weighted by Gasteiger charge is 2.20. The van der Waals surface area contributed by atoms with Gasteiger partial charge in [0.2, 0.25) is 5.91 Å². The summed E-state index contributed by atoms with van der Waals surface area (Å²) in [7, 11) is 1.72. The Morgan fingerprint density at radius 2 is 1.85 bits per heavy atom. The molecule has 1 unspecified atom stereocenters. The maximum atomic E-state index is 11.8. The van der Waals surface area contributed by atoms with Gasteiger partial charge in [-0.05, 0) is 31.5 Å². The number of amides is 1. The van der Waals surface area contributed by atoms with Gasteiger partial charge in [-0.2, -0.15) is 0 Å². The predicted octanol–water partition coefficient (Wildman–Crippen LogP) is 2.71. The number of rotatable bonds is 7. The Hall–Kier alpha value is -1.51. The first kappa shape index (κ1) is 24.5. The van der Waals surface area contributed by atoms with Crippen molar-refractivity contribution in [1.82, 2.24) is 16.0 Å². The minimum Gasteiger partial charge on any atom is -0.489 e. The van der Waals surface area contributed by atoms with E-state index in [4.69, 9.17) is 4.74 Å². The van der Waals surface area contributed by atoms with E-state index in [0.717, 1.165) is 5.75 Å². The van der Waals surface area contributed by atoms with Crippen LogP contribution >= 0.6 is 24.0 Å². The molecule has 0 aliphatic carbocycles. The fourth-order valence-corrected chi connectivity index (χ4v) is 2.05. The van der Waals surface area contributed by atoms with E-state index < -0.39 is 0 Å². The fraction of sp³-hybridized carbons (Fsp3) is 0.579. The molecule has 0 bridgehead atoms. The summed E-state index contributed by atoms with van der Waals surface area (Å²) < 4.78 is 5.88. The molecule has 0 aliphatic heterocycles.